The second-order valence-electron chi connectivity index (χ2n) is 7.25. The summed E-state index contributed by atoms with van der Waals surface area (Å²) in [5, 5.41) is 4.88. The molecule has 0 amide bonds. The van der Waals surface area contributed by atoms with Crippen LogP contribution < -0.4 is 0 Å². The Kier molecular flexibility index (Phi) is 3.36. The predicted molar refractivity (Wildman–Crippen MR) is 111 cm³/mol. The van der Waals surface area contributed by atoms with Crippen LogP contribution in [-0.4, -0.2) is 0 Å². The van der Waals surface area contributed by atoms with E-state index in [2.05, 4.69) is 92.7 Å². The highest BCUT2D eigenvalue weighted by atomic mass is 16.3. The first-order valence-electron chi connectivity index (χ1n) is 9.15. The molecule has 5 rings (SSSR count). The van der Waals surface area contributed by atoms with Crippen LogP contribution in [0, 0.1) is 0 Å². The highest BCUT2D eigenvalue weighted by Crippen LogP contribution is 2.36. The van der Waals surface area contributed by atoms with Crippen molar-refractivity contribution in [2.24, 2.45) is 0 Å². The SMILES string of the molecule is CC(C)c1ccc(-c2ccc3oc4ccc5ccccc5c4c3c2)cc1. The summed E-state index contributed by atoms with van der Waals surface area (Å²) in [6, 6.07) is 28.1. The van der Waals surface area contributed by atoms with Gasteiger partial charge in [0.05, 0.1) is 0 Å². The molecule has 1 heterocycles. The van der Waals surface area contributed by atoms with Gasteiger partial charge in [0.15, 0.2) is 0 Å². The van der Waals surface area contributed by atoms with Crippen LogP contribution in [0.5, 0.6) is 0 Å². The topological polar surface area (TPSA) is 13.1 Å². The van der Waals surface area contributed by atoms with Crippen molar-refractivity contribution >= 4 is 32.7 Å². The van der Waals surface area contributed by atoms with E-state index in [4.69, 9.17) is 4.42 Å². The lowest BCUT2D eigenvalue weighted by molar-refractivity contribution is 0.669. The molecule has 1 heteroatoms. The van der Waals surface area contributed by atoms with E-state index in [1.165, 1.54) is 38.2 Å². The molecule has 26 heavy (non-hydrogen) atoms. The molecule has 4 aromatic carbocycles. The molecule has 0 saturated carbocycles. The number of fused-ring (bicyclic) bond motifs is 5. The molecule has 0 aliphatic heterocycles. The maximum atomic E-state index is 6.10. The summed E-state index contributed by atoms with van der Waals surface area (Å²) < 4.78 is 6.10. The zero-order valence-electron chi connectivity index (χ0n) is 15.0. The molecule has 0 radical (unpaired) electrons. The fraction of sp³-hybridized carbons (Fsp3) is 0.120. The summed E-state index contributed by atoms with van der Waals surface area (Å²) in [6.07, 6.45) is 0. The van der Waals surface area contributed by atoms with Gasteiger partial charge in [0.2, 0.25) is 0 Å². The van der Waals surface area contributed by atoms with E-state index in [-0.39, 0.29) is 0 Å². The summed E-state index contributed by atoms with van der Waals surface area (Å²) in [4.78, 5) is 0. The van der Waals surface area contributed by atoms with Crippen LogP contribution in [0.4, 0.5) is 0 Å². The zero-order valence-corrected chi connectivity index (χ0v) is 15.0. The number of rotatable bonds is 2. The maximum Gasteiger partial charge on any atom is 0.136 e. The van der Waals surface area contributed by atoms with Crippen molar-refractivity contribution in [2.75, 3.05) is 0 Å². The molecule has 1 aromatic heterocycles. The second kappa shape index (κ2) is 5.74. The molecule has 0 bridgehead atoms. The van der Waals surface area contributed by atoms with Crippen molar-refractivity contribution in [3.05, 3.63) is 84.4 Å². The van der Waals surface area contributed by atoms with Crippen LogP contribution in [-0.2, 0) is 0 Å². The summed E-state index contributed by atoms with van der Waals surface area (Å²) in [5.41, 5.74) is 5.73. The average Bonchev–Trinajstić information content (AvgIpc) is 3.06. The standard InChI is InChI=1S/C25H20O/c1-16(2)17-7-9-18(10-8-17)20-12-13-23-22(15-20)25-21-6-4-3-5-19(21)11-14-24(25)26-23/h3-16H,1-2H3. The molecule has 126 valence electrons. The van der Waals surface area contributed by atoms with Crippen molar-refractivity contribution in [1.29, 1.82) is 0 Å². The van der Waals surface area contributed by atoms with E-state index in [0.717, 1.165) is 11.2 Å². The Morgan fingerprint density at radius 3 is 2.19 bits per heavy atom. The fourth-order valence-electron chi connectivity index (χ4n) is 3.79. The first-order chi connectivity index (χ1) is 12.7. The van der Waals surface area contributed by atoms with Gasteiger partial charge in [-0.05, 0) is 51.6 Å². The van der Waals surface area contributed by atoms with E-state index in [9.17, 15) is 0 Å². The van der Waals surface area contributed by atoms with Gasteiger partial charge in [-0.25, -0.2) is 0 Å². The van der Waals surface area contributed by atoms with E-state index >= 15 is 0 Å². The van der Waals surface area contributed by atoms with Gasteiger partial charge in [0.1, 0.15) is 11.2 Å². The summed E-state index contributed by atoms with van der Waals surface area (Å²) in [6.45, 7) is 4.45. The van der Waals surface area contributed by atoms with Gasteiger partial charge in [-0.2, -0.15) is 0 Å². The van der Waals surface area contributed by atoms with Crippen LogP contribution >= 0.6 is 0 Å². The van der Waals surface area contributed by atoms with Gasteiger partial charge in [0, 0.05) is 10.8 Å². The third-order valence-electron chi connectivity index (χ3n) is 5.27. The summed E-state index contributed by atoms with van der Waals surface area (Å²) in [5.74, 6) is 0.552. The Labute approximate surface area is 152 Å². The average molecular weight is 336 g/mol. The van der Waals surface area contributed by atoms with Gasteiger partial charge < -0.3 is 4.42 Å². The van der Waals surface area contributed by atoms with E-state index in [1.807, 2.05) is 0 Å². The number of benzene rings is 4. The van der Waals surface area contributed by atoms with Crippen molar-refractivity contribution < 1.29 is 4.42 Å². The van der Waals surface area contributed by atoms with Crippen LogP contribution in [0.15, 0.2) is 83.3 Å². The van der Waals surface area contributed by atoms with E-state index in [1.54, 1.807) is 0 Å². The highest BCUT2D eigenvalue weighted by molar-refractivity contribution is 6.19. The van der Waals surface area contributed by atoms with Gasteiger partial charge in [0.25, 0.3) is 0 Å². The molecule has 5 aromatic rings. The third kappa shape index (κ3) is 2.32. The summed E-state index contributed by atoms with van der Waals surface area (Å²) >= 11 is 0. The molecule has 0 N–H and O–H groups in total. The summed E-state index contributed by atoms with van der Waals surface area (Å²) in [7, 11) is 0. The van der Waals surface area contributed by atoms with Gasteiger partial charge in [-0.3, -0.25) is 0 Å². The normalized spacial score (nSPS) is 11.8. The monoisotopic (exact) mass is 336 g/mol. The van der Waals surface area contributed by atoms with Gasteiger partial charge >= 0.3 is 0 Å². The Hall–Kier alpha value is -3.06. The van der Waals surface area contributed by atoms with Gasteiger partial charge in [-0.1, -0.05) is 74.5 Å². The predicted octanol–water partition coefficient (Wildman–Crippen LogP) is 7.53. The molecule has 1 nitrogen and oxygen atoms in total. The first-order valence-corrected chi connectivity index (χ1v) is 9.15. The van der Waals surface area contributed by atoms with E-state index < -0.39 is 0 Å². The molecular formula is C25H20O. The lowest BCUT2D eigenvalue weighted by Gasteiger charge is -2.07. The van der Waals surface area contributed by atoms with Crippen LogP contribution in [0.3, 0.4) is 0 Å². The van der Waals surface area contributed by atoms with Gasteiger partial charge in [-0.15, -0.1) is 0 Å². The fourth-order valence-corrected chi connectivity index (χ4v) is 3.79. The van der Waals surface area contributed by atoms with Crippen molar-refractivity contribution in [3.63, 3.8) is 0 Å². The molecule has 0 aliphatic carbocycles. The third-order valence-corrected chi connectivity index (χ3v) is 5.27. The quantitative estimate of drug-likeness (QED) is 0.325. The minimum Gasteiger partial charge on any atom is -0.456 e. The molecule has 0 atom stereocenters. The molecule has 0 unspecified atom stereocenters. The Morgan fingerprint density at radius 2 is 1.38 bits per heavy atom. The van der Waals surface area contributed by atoms with Crippen molar-refractivity contribution in [1.82, 2.24) is 0 Å². The minimum absolute atomic E-state index is 0.552. The lowest BCUT2D eigenvalue weighted by atomic mass is 9.97. The molecule has 0 aliphatic rings. The molecular weight excluding hydrogens is 316 g/mol. The van der Waals surface area contributed by atoms with Crippen LogP contribution in [0.25, 0.3) is 43.8 Å². The van der Waals surface area contributed by atoms with Crippen molar-refractivity contribution in [2.45, 2.75) is 19.8 Å². The second-order valence-corrected chi connectivity index (χ2v) is 7.25. The molecule has 0 fully saturated rings. The zero-order chi connectivity index (χ0) is 17.7. The number of hydrogen-bond acceptors (Lipinski definition) is 1. The molecule has 0 saturated heterocycles. The highest BCUT2D eigenvalue weighted by Gasteiger charge is 2.11. The Balaban J connectivity index is 1.75. The largest absolute Gasteiger partial charge is 0.456 e. The maximum absolute atomic E-state index is 6.10. The number of hydrogen-bond donors (Lipinski definition) is 0. The first kappa shape index (κ1) is 15.2. The lowest BCUT2D eigenvalue weighted by Crippen LogP contribution is -1.86. The number of furan rings is 1. The Morgan fingerprint density at radius 1 is 0.654 bits per heavy atom. The van der Waals surface area contributed by atoms with Crippen LogP contribution in [0.2, 0.25) is 0 Å². The minimum atomic E-state index is 0.552. The molecule has 0 spiro atoms. The van der Waals surface area contributed by atoms with Crippen molar-refractivity contribution in [3.8, 4) is 11.1 Å². The van der Waals surface area contributed by atoms with E-state index in [0.29, 0.717) is 5.92 Å². The smallest absolute Gasteiger partial charge is 0.136 e. The Bertz CT molecular complexity index is 1240. The van der Waals surface area contributed by atoms with Crippen LogP contribution in [0.1, 0.15) is 25.3 Å².